The Morgan fingerprint density at radius 3 is 2.36 bits per heavy atom. The number of nitrogens with two attached hydrogens (primary N) is 1. The van der Waals surface area contributed by atoms with Gasteiger partial charge in [-0.3, -0.25) is 4.79 Å². The van der Waals surface area contributed by atoms with Gasteiger partial charge in [0, 0.05) is 6.42 Å². The lowest BCUT2D eigenvalue weighted by Gasteiger charge is -2.05. The molecule has 0 rings (SSSR count). The van der Waals surface area contributed by atoms with E-state index in [0.29, 0.717) is 0 Å². The predicted octanol–water partition coefficient (Wildman–Crippen LogP) is 0.441. The summed E-state index contributed by atoms with van der Waals surface area (Å²) >= 11 is 0. The average Bonchev–Trinajstić information content (AvgIpc) is 1.78. The first-order valence-corrected chi connectivity index (χ1v) is 2.84. The Kier molecular flexibility index (Phi) is 3.88. The number of rotatable bonds is 4. The number of primary amides is 1. The maximum atomic E-state index is 11.3. The molecule has 0 spiro atoms. The first-order chi connectivity index (χ1) is 4.92. The third-order valence-corrected chi connectivity index (χ3v) is 0.759. The zero-order chi connectivity index (χ0) is 8.91. The molecule has 0 aromatic rings. The lowest BCUT2D eigenvalue weighted by Crippen LogP contribution is -2.20. The van der Waals surface area contributed by atoms with Crippen molar-refractivity contribution in [3.05, 3.63) is 0 Å². The lowest BCUT2D eigenvalue weighted by atomic mass is 10.4. The molecule has 0 atom stereocenters. The van der Waals surface area contributed by atoms with E-state index in [0.717, 1.165) is 0 Å². The molecule has 0 saturated carbocycles. The predicted molar refractivity (Wildman–Crippen MR) is 30.7 cm³/mol. The molecule has 0 heterocycles. The van der Waals surface area contributed by atoms with Crippen LogP contribution in [0.15, 0.2) is 0 Å². The zero-order valence-electron chi connectivity index (χ0n) is 5.65. The van der Waals surface area contributed by atoms with Gasteiger partial charge < -0.3 is 10.5 Å². The summed E-state index contributed by atoms with van der Waals surface area (Å²) < 4.78 is 38.1. The maximum Gasteiger partial charge on any atom is 0.411 e. The molecule has 0 unspecified atom stereocenters. The van der Waals surface area contributed by atoms with Crippen LogP contribution in [-0.4, -0.2) is 25.3 Å². The van der Waals surface area contributed by atoms with Crippen LogP contribution in [0.3, 0.4) is 0 Å². The van der Waals surface area contributed by atoms with Gasteiger partial charge in [0.05, 0.1) is 6.61 Å². The van der Waals surface area contributed by atoms with Crippen LogP contribution in [0.2, 0.25) is 0 Å². The van der Waals surface area contributed by atoms with Crippen molar-refractivity contribution in [3.8, 4) is 0 Å². The van der Waals surface area contributed by atoms with Crippen LogP contribution in [0.5, 0.6) is 0 Å². The molecule has 66 valence electrons. The highest BCUT2D eigenvalue weighted by atomic mass is 19.4. The molecule has 0 radical (unpaired) electrons. The third kappa shape index (κ3) is 9.22. The van der Waals surface area contributed by atoms with E-state index in [1.54, 1.807) is 0 Å². The summed E-state index contributed by atoms with van der Waals surface area (Å²) in [5.41, 5.74) is 4.64. The van der Waals surface area contributed by atoms with Gasteiger partial charge in [-0.2, -0.15) is 13.2 Å². The van der Waals surface area contributed by atoms with Crippen molar-refractivity contribution in [3.63, 3.8) is 0 Å². The van der Waals surface area contributed by atoms with Gasteiger partial charge in [0.1, 0.15) is 6.61 Å². The van der Waals surface area contributed by atoms with E-state index < -0.39 is 18.7 Å². The molecule has 0 aliphatic carbocycles. The van der Waals surface area contributed by atoms with Crippen molar-refractivity contribution in [2.24, 2.45) is 5.73 Å². The Morgan fingerprint density at radius 2 is 2.00 bits per heavy atom. The van der Waals surface area contributed by atoms with Crippen molar-refractivity contribution < 1.29 is 22.7 Å². The van der Waals surface area contributed by atoms with Crippen LogP contribution in [0.1, 0.15) is 6.42 Å². The van der Waals surface area contributed by atoms with Gasteiger partial charge in [0.2, 0.25) is 5.91 Å². The van der Waals surface area contributed by atoms with Crippen molar-refractivity contribution in [1.82, 2.24) is 0 Å². The van der Waals surface area contributed by atoms with Gasteiger partial charge in [-0.05, 0) is 0 Å². The second-order valence-electron chi connectivity index (χ2n) is 1.88. The Morgan fingerprint density at radius 1 is 1.45 bits per heavy atom. The molecule has 11 heavy (non-hydrogen) atoms. The minimum atomic E-state index is -4.34. The van der Waals surface area contributed by atoms with Crippen molar-refractivity contribution in [1.29, 1.82) is 0 Å². The Hall–Kier alpha value is -0.780. The number of carbonyl (C=O) groups excluding carboxylic acids is 1. The highest BCUT2D eigenvalue weighted by Gasteiger charge is 2.27. The molecule has 0 fully saturated rings. The summed E-state index contributed by atoms with van der Waals surface area (Å²) in [6, 6.07) is 0. The van der Waals surface area contributed by atoms with E-state index in [4.69, 9.17) is 0 Å². The summed E-state index contributed by atoms with van der Waals surface area (Å²) in [7, 11) is 0. The molecule has 1 amide bonds. The van der Waals surface area contributed by atoms with Crippen LogP contribution in [-0.2, 0) is 9.53 Å². The molecular formula is C5H8F3NO2. The lowest BCUT2D eigenvalue weighted by molar-refractivity contribution is -0.174. The van der Waals surface area contributed by atoms with E-state index in [-0.39, 0.29) is 13.0 Å². The number of ether oxygens (including phenoxy) is 1. The van der Waals surface area contributed by atoms with Crippen molar-refractivity contribution >= 4 is 5.91 Å². The van der Waals surface area contributed by atoms with Crippen molar-refractivity contribution in [2.45, 2.75) is 12.6 Å². The van der Waals surface area contributed by atoms with E-state index in [1.807, 2.05) is 0 Å². The van der Waals surface area contributed by atoms with Gasteiger partial charge >= 0.3 is 6.18 Å². The van der Waals surface area contributed by atoms with Crippen LogP contribution >= 0.6 is 0 Å². The Bertz CT molecular complexity index is 134. The van der Waals surface area contributed by atoms with Crippen LogP contribution in [0.4, 0.5) is 13.2 Å². The van der Waals surface area contributed by atoms with E-state index in [9.17, 15) is 18.0 Å². The topological polar surface area (TPSA) is 52.3 Å². The van der Waals surface area contributed by atoms with Gasteiger partial charge in [-0.1, -0.05) is 0 Å². The number of carbonyl (C=O) groups is 1. The molecule has 0 aromatic heterocycles. The summed E-state index contributed by atoms with van der Waals surface area (Å²) in [5, 5.41) is 0. The first-order valence-electron chi connectivity index (χ1n) is 2.84. The zero-order valence-corrected chi connectivity index (χ0v) is 5.65. The molecule has 0 bridgehead atoms. The summed E-state index contributed by atoms with van der Waals surface area (Å²) in [4.78, 5) is 9.98. The molecule has 0 aliphatic heterocycles. The van der Waals surface area contributed by atoms with E-state index >= 15 is 0 Å². The Balaban J connectivity index is 3.22. The first kappa shape index (κ1) is 10.2. The van der Waals surface area contributed by atoms with Crippen molar-refractivity contribution in [2.75, 3.05) is 13.2 Å². The summed E-state index contributed by atoms with van der Waals surface area (Å²) in [6.45, 7) is -1.62. The van der Waals surface area contributed by atoms with Gasteiger partial charge in [0.25, 0.3) is 0 Å². The van der Waals surface area contributed by atoms with Gasteiger partial charge in [-0.15, -0.1) is 0 Å². The second kappa shape index (κ2) is 4.17. The second-order valence-corrected chi connectivity index (χ2v) is 1.88. The number of hydrogen-bond donors (Lipinski definition) is 1. The molecule has 0 aliphatic rings. The molecular weight excluding hydrogens is 163 g/mol. The minimum Gasteiger partial charge on any atom is -0.372 e. The molecule has 0 aromatic carbocycles. The van der Waals surface area contributed by atoms with Crippen LogP contribution in [0.25, 0.3) is 0 Å². The standard InChI is InChI=1S/C5H8F3NO2/c6-5(7,8)3-11-2-1-4(9)10/h1-3H2,(H2,9,10). The van der Waals surface area contributed by atoms with E-state index in [1.165, 1.54) is 0 Å². The number of hydrogen-bond acceptors (Lipinski definition) is 2. The smallest absolute Gasteiger partial charge is 0.372 e. The maximum absolute atomic E-state index is 11.3. The minimum absolute atomic E-state index is 0.184. The molecule has 6 heteroatoms. The average molecular weight is 171 g/mol. The number of amides is 1. The van der Waals surface area contributed by atoms with Gasteiger partial charge in [0.15, 0.2) is 0 Å². The monoisotopic (exact) mass is 171 g/mol. The summed E-state index contributed by atoms with van der Waals surface area (Å²) in [6.07, 6.45) is -4.52. The largest absolute Gasteiger partial charge is 0.411 e. The third-order valence-electron chi connectivity index (χ3n) is 0.759. The SMILES string of the molecule is NC(=O)CCOCC(F)(F)F. The molecule has 2 N–H and O–H groups in total. The number of halogens is 3. The van der Waals surface area contributed by atoms with Crippen LogP contribution in [0, 0.1) is 0 Å². The quantitative estimate of drug-likeness (QED) is 0.624. The Labute approximate surface area is 61.3 Å². The molecule has 0 saturated heterocycles. The fourth-order valence-electron chi connectivity index (χ4n) is 0.361. The van der Waals surface area contributed by atoms with Gasteiger partial charge in [-0.25, -0.2) is 0 Å². The van der Waals surface area contributed by atoms with Crippen LogP contribution < -0.4 is 5.73 Å². The fraction of sp³-hybridized carbons (Fsp3) is 0.800. The van der Waals surface area contributed by atoms with E-state index in [2.05, 4.69) is 10.5 Å². The molecule has 3 nitrogen and oxygen atoms in total. The highest BCUT2D eigenvalue weighted by Crippen LogP contribution is 2.14. The summed E-state index contributed by atoms with van der Waals surface area (Å²) in [5.74, 6) is -0.674. The number of alkyl halides is 3. The highest BCUT2D eigenvalue weighted by molar-refractivity contribution is 5.73. The fourth-order valence-corrected chi connectivity index (χ4v) is 0.361. The normalized spacial score (nSPS) is 11.5.